The minimum Gasteiger partial charge on any atom is -0.457 e. The Morgan fingerprint density at radius 1 is 0.350 bits per heavy atom. The maximum atomic E-state index is 15.4. The van der Waals surface area contributed by atoms with E-state index in [1.165, 1.54) is 133 Å². The van der Waals surface area contributed by atoms with Crippen molar-refractivity contribution >= 4 is 98.0 Å². The summed E-state index contributed by atoms with van der Waals surface area (Å²) in [6.45, 7) is 4.56. The van der Waals surface area contributed by atoms with Crippen molar-refractivity contribution in [2.45, 2.75) is 155 Å². The predicted octanol–water partition coefficient (Wildman–Crippen LogP) is 19.8. The third kappa shape index (κ3) is 9.48. The Hall–Kier alpha value is -7.84. The monoisotopic (exact) mass is 1060 g/mol. The molecule has 4 heterocycles. The summed E-state index contributed by atoms with van der Waals surface area (Å²) in [6.07, 6.45) is 28.2. The number of pyridine rings is 2. The number of nitrogens with zero attached hydrogens (tertiary/aromatic N) is 4. The van der Waals surface area contributed by atoms with Crippen LogP contribution in [0, 0.1) is 0 Å². The van der Waals surface area contributed by atoms with Crippen LogP contribution in [0.15, 0.2) is 143 Å². The molecule has 0 unspecified atom stereocenters. The lowest BCUT2D eigenvalue weighted by Crippen LogP contribution is -2.14. The Morgan fingerprint density at radius 3 is 1.21 bits per heavy atom. The van der Waals surface area contributed by atoms with Crippen LogP contribution in [-0.2, 0) is 12.8 Å². The number of hydrogen-bond donors (Lipinski definition) is 0. The molecule has 0 saturated carbocycles. The largest absolute Gasteiger partial charge is 0.457 e. The summed E-state index contributed by atoms with van der Waals surface area (Å²) >= 11 is 0. The van der Waals surface area contributed by atoms with E-state index in [1.807, 2.05) is 60.7 Å². The molecule has 404 valence electrons. The van der Waals surface area contributed by atoms with Gasteiger partial charge in [0.15, 0.2) is 0 Å². The molecule has 9 aromatic carbocycles. The Balaban J connectivity index is 0.938. The molecular weight excluding hydrogens is 985 g/mol. The van der Waals surface area contributed by atoms with Gasteiger partial charge < -0.3 is 9.47 Å². The van der Waals surface area contributed by atoms with Crippen LogP contribution in [-0.4, -0.2) is 18.8 Å². The molecule has 0 amide bonds. The topological polar surface area (TPSA) is 87.2 Å². The standard InChI is InChI=1S/C72H72N4O4/c1-3-5-7-9-11-13-15-17-19-21-27-47-33-37-49(38-34-47)79-61-45-55-65-56(72(78)76-60-32-26-24-30-58(60)74-70(55)76)46-62(80-50-39-35-48(36-40-50)28-22-20-18-16-14-12-10-8-6-4-2)67-52-42-44-54-64-53(43-41-51(63(52)64)66(61)68(65)67)69-73-57-29-23-25-31-59(57)75(69)71(54)77/h23-26,29-46H,3-22,27-28H2,1-2H3. The second-order valence-electron chi connectivity index (χ2n) is 22.9. The van der Waals surface area contributed by atoms with Crippen LogP contribution in [0.1, 0.15) is 153 Å². The van der Waals surface area contributed by atoms with Gasteiger partial charge in [-0.25, -0.2) is 9.97 Å². The van der Waals surface area contributed by atoms with E-state index in [0.717, 1.165) is 95.2 Å². The van der Waals surface area contributed by atoms with Gasteiger partial charge in [-0.1, -0.05) is 190 Å². The van der Waals surface area contributed by atoms with Crippen molar-refractivity contribution in [3.05, 3.63) is 165 Å². The van der Waals surface area contributed by atoms with E-state index in [-0.39, 0.29) is 11.1 Å². The van der Waals surface area contributed by atoms with Crippen LogP contribution in [0.5, 0.6) is 23.0 Å². The maximum Gasteiger partial charge on any atom is 0.264 e. The third-order valence-corrected chi connectivity index (χ3v) is 17.4. The molecule has 0 spiro atoms. The Morgan fingerprint density at radius 2 is 0.725 bits per heavy atom. The zero-order valence-corrected chi connectivity index (χ0v) is 46.7. The molecule has 0 aliphatic carbocycles. The molecule has 0 bridgehead atoms. The van der Waals surface area contributed by atoms with E-state index in [4.69, 9.17) is 19.4 Å². The molecule has 80 heavy (non-hydrogen) atoms. The average molecular weight is 1060 g/mol. The summed E-state index contributed by atoms with van der Waals surface area (Å²) in [5, 5.41) is 9.76. The van der Waals surface area contributed by atoms with Gasteiger partial charge in [0.1, 0.15) is 34.3 Å². The first kappa shape index (κ1) is 51.6. The molecule has 8 nitrogen and oxygen atoms in total. The van der Waals surface area contributed by atoms with E-state index in [1.54, 1.807) is 8.80 Å². The highest BCUT2D eigenvalue weighted by Crippen LogP contribution is 2.53. The lowest BCUT2D eigenvalue weighted by molar-refractivity contribution is 0.488. The molecule has 8 heteroatoms. The number of rotatable bonds is 26. The smallest absolute Gasteiger partial charge is 0.264 e. The number of para-hydroxylation sites is 4. The molecule has 0 aliphatic rings. The quantitative estimate of drug-likeness (QED) is 0.0305. The highest BCUT2D eigenvalue weighted by molar-refractivity contribution is 6.42. The van der Waals surface area contributed by atoms with Crippen molar-refractivity contribution in [3.8, 4) is 23.0 Å². The summed E-state index contributed by atoms with van der Waals surface area (Å²) in [7, 11) is 0. The molecule has 0 saturated heterocycles. The normalized spacial score (nSPS) is 12.3. The Bertz CT molecular complexity index is 4420. The van der Waals surface area contributed by atoms with Crippen molar-refractivity contribution in [3.63, 3.8) is 0 Å². The third-order valence-electron chi connectivity index (χ3n) is 17.4. The van der Waals surface area contributed by atoms with Gasteiger partial charge in [0.05, 0.1) is 27.5 Å². The fourth-order valence-corrected chi connectivity index (χ4v) is 13.3. The number of aromatic nitrogens is 4. The number of fused-ring (bicyclic) bond motifs is 10. The van der Waals surface area contributed by atoms with E-state index in [0.29, 0.717) is 45.1 Å². The Labute approximate surface area is 467 Å². The van der Waals surface area contributed by atoms with Gasteiger partial charge in [0.2, 0.25) is 0 Å². The molecule has 0 fully saturated rings. The van der Waals surface area contributed by atoms with Crippen LogP contribution in [0.3, 0.4) is 0 Å². The average Bonchev–Trinajstić information content (AvgIpc) is 2.12. The minimum absolute atomic E-state index is 0.117. The van der Waals surface area contributed by atoms with Gasteiger partial charge in [0.25, 0.3) is 11.1 Å². The highest BCUT2D eigenvalue weighted by Gasteiger charge is 2.29. The minimum atomic E-state index is -0.164. The van der Waals surface area contributed by atoms with Crippen LogP contribution in [0.2, 0.25) is 0 Å². The zero-order chi connectivity index (χ0) is 54.1. The summed E-state index contributed by atoms with van der Waals surface area (Å²) in [6, 6.07) is 45.1. The van der Waals surface area contributed by atoms with Crippen LogP contribution >= 0.6 is 0 Å². The highest BCUT2D eigenvalue weighted by atomic mass is 16.5. The second-order valence-corrected chi connectivity index (χ2v) is 22.9. The van der Waals surface area contributed by atoms with Crippen molar-refractivity contribution in [2.24, 2.45) is 0 Å². The summed E-state index contributed by atoms with van der Waals surface area (Å²) in [4.78, 5) is 40.6. The van der Waals surface area contributed by atoms with E-state index < -0.39 is 0 Å². The molecule has 0 atom stereocenters. The van der Waals surface area contributed by atoms with E-state index in [2.05, 4.69) is 86.6 Å². The maximum absolute atomic E-state index is 15.4. The van der Waals surface area contributed by atoms with Crippen molar-refractivity contribution in [1.82, 2.24) is 18.8 Å². The first-order chi connectivity index (χ1) is 39.5. The number of ether oxygens (including phenoxy) is 2. The van der Waals surface area contributed by atoms with Crippen molar-refractivity contribution in [1.29, 1.82) is 0 Å². The number of hydrogen-bond acceptors (Lipinski definition) is 6. The van der Waals surface area contributed by atoms with Gasteiger partial charge in [-0.3, -0.25) is 18.4 Å². The number of unbranched alkanes of at least 4 members (excludes halogenated alkanes) is 18. The van der Waals surface area contributed by atoms with Crippen molar-refractivity contribution in [2.75, 3.05) is 0 Å². The van der Waals surface area contributed by atoms with Crippen LogP contribution in [0.25, 0.3) is 98.0 Å². The lowest BCUT2D eigenvalue weighted by atomic mass is 9.85. The van der Waals surface area contributed by atoms with Gasteiger partial charge in [-0.2, -0.15) is 0 Å². The predicted molar refractivity (Wildman–Crippen MR) is 334 cm³/mol. The molecule has 0 N–H and O–H groups in total. The van der Waals surface area contributed by atoms with Gasteiger partial charge in [0, 0.05) is 43.1 Å². The molecule has 4 aromatic heterocycles. The second kappa shape index (κ2) is 22.7. The SMILES string of the molecule is CCCCCCCCCCCCc1ccc(Oc2cc3c(=O)n4c5ccccc5nc4c4cc(Oc5ccc(CCCCCCCCCCCC)cc5)c5c6ccc7c8c(ccc(c2c5c34)c68)c(=O)n2c3ccccc3nc72)cc1. The fraction of sp³-hybridized carbons (Fsp3) is 0.333. The first-order valence-electron chi connectivity index (χ1n) is 30.4. The van der Waals surface area contributed by atoms with Crippen LogP contribution < -0.4 is 20.6 Å². The van der Waals surface area contributed by atoms with E-state index in [9.17, 15) is 4.79 Å². The summed E-state index contributed by atoms with van der Waals surface area (Å²) in [5.74, 6) is 2.58. The van der Waals surface area contributed by atoms with E-state index >= 15 is 4.79 Å². The Kier molecular flexibility index (Phi) is 14.7. The van der Waals surface area contributed by atoms with Gasteiger partial charge >= 0.3 is 0 Å². The van der Waals surface area contributed by atoms with Crippen molar-refractivity contribution < 1.29 is 9.47 Å². The molecule has 13 rings (SSSR count). The number of imidazole rings is 2. The summed E-state index contributed by atoms with van der Waals surface area (Å²) < 4.78 is 17.9. The number of aryl methyl sites for hydroxylation is 2. The summed E-state index contributed by atoms with van der Waals surface area (Å²) in [5.41, 5.74) is 6.52. The molecular formula is C72H72N4O4. The fourth-order valence-electron chi connectivity index (χ4n) is 13.3. The molecule has 13 aromatic rings. The molecule has 0 radical (unpaired) electrons. The molecule has 0 aliphatic heterocycles. The lowest BCUT2D eigenvalue weighted by Gasteiger charge is -2.22. The van der Waals surface area contributed by atoms with Gasteiger partial charge in [-0.15, -0.1) is 0 Å². The van der Waals surface area contributed by atoms with Crippen LogP contribution in [0.4, 0.5) is 0 Å². The number of benzene rings is 9. The zero-order valence-electron chi connectivity index (χ0n) is 46.7. The van der Waals surface area contributed by atoms with Gasteiger partial charge in [-0.05, 0) is 126 Å². The first-order valence-corrected chi connectivity index (χ1v) is 30.4.